The minimum Gasteiger partial charge on any atom is -0.379 e. The largest absolute Gasteiger partial charge is 0.379 e. The summed E-state index contributed by atoms with van der Waals surface area (Å²) in [6.07, 6.45) is 0.658. The highest BCUT2D eigenvalue weighted by Crippen LogP contribution is 2.24. The van der Waals surface area contributed by atoms with Crippen molar-refractivity contribution < 1.29 is 9.31 Å². The van der Waals surface area contributed by atoms with Crippen molar-refractivity contribution in [3.8, 4) is 0 Å². The monoisotopic (exact) mass is 294 g/mol. The molecule has 0 saturated carbocycles. The maximum Gasteiger partial charge on any atom is 0.292 e. The number of halogens is 2. The van der Waals surface area contributed by atoms with Crippen LogP contribution < -0.4 is 5.32 Å². The molecule has 0 atom stereocenters. The fourth-order valence-electron chi connectivity index (χ4n) is 1.80. The number of rotatable bonds is 5. The Morgan fingerprint density at radius 1 is 1.20 bits per heavy atom. The molecular weight excluding hydrogens is 283 g/mol. The summed E-state index contributed by atoms with van der Waals surface area (Å²) in [6, 6.07) is 10.7. The molecule has 0 heterocycles. The van der Waals surface area contributed by atoms with Crippen molar-refractivity contribution in [2.75, 3.05) is 11.9 Å². The number of nitrogens with one attached hydrogen (secondary N) is 1. The molecule has 104 valence electrons. The first-order chi connectivity index (χ1) is 9.56. The lowest BCUT2D eigenvalue weighted by molar-refractivity contribution is -0.384. The molecule has 0 aliphatic rings. The molecule has 0 radical (unpaired) electrons. The quantitative estimate of drug-likeness (QED) is 0.669. The molecule has 0 amide bonds. The van der Waals surface area contributed by atoms with E-state index in [-0.39, 0.29) is 11.4 Å². The van der Waals surface area contributed by atoms with Gasteiger partial charge in [-0.2, -0.15) is 0 Å². The standard InChI is InChI=1S/C14H12ClFN2O2/c15-11-3-1-10(2-4-11)7-8-17-13-9-12(16)5-6-14(13)18(19)20/h1-6,9,17H,7-8H2. The van der Waals surface area contributed by atoms with Crippen molar-refractivity contribution >= 4 is 23.0 Å². The molecule has 2 aromatic rings. The minimum atomic E-state index is -0.538. The highest BCUT2D eigenvalue weighted by molar-refractivity contribution is 6.30. The number of hydrogen-bond acceptors (Lipinski definition) is 3. The number of hydrogen-bond donors (Lipinski definition) is 1. The number of nitro groups is 1. The van der Waals surface area contributed by atoms with Gasteiger partial charge in [0.2, 0.25) is 0 Å². The van der Waals surface area contributed by atoms with E-state index >= 15 is 0 Å². The van der Waals surface area contributed by atoms with Crippen LogP contribution in [0.3, 0.4) is 0 Å². The summed E-state index contributed by atoms with van der Waals surface area (Å²) in [7, 11) is 0. The highest BCUT2D eigenvalue weighted by Gasteiger charge is 2.13. The summed E-state index contributed by atoms with van der Waals surface area (Å²) >= 11 is 5.78. The Labute approximate surface area is 120 Å². The van der Waals surface area contributed by atoms with Crippen LogP contribution in [0.15, 0.2) is 42.5 Å². The van der Waals surface area contributed by atoms with Crippen LogP contribution >= 0.6 is 11.6 Å². The van der Waals surface area contributed by atoms with Crippen LogP contribution in [0.4, 0.5) is 15.8 Å². The van der Waals surface area contributed by atoms with Gasteiger partial charge in [-0.25, -0.2) is 4.39 Å². The number of nitro benzene ring substituents is 1. The summed E-state index contributed by atoms with van der Waals surface area (Å²) in [4.78, 5) is 10.3. The zero-order valence-corrected chi connectivity index (χ0v) is 11.2. The van der Waals surface area contributed by atoms with Crippen LogP contribution in [-0.4, -0.2) is 11.5 Å². The molecule has 0 spiro atoms. The van der Waals surface area contributed by atoms with Gasteiger partial charge in [0.05, 0.1) is 4.92 Å². The van der Waals surface area contributed by atoms with Gasteiger partial charge in [-0.1, -0.05) is 23.7 Å². The molecule has 2 aromatic carbocycles. The van der Waals surface area contributed by atoms with E-state index in [2.05, 4.69) is 5.32 Å². The van der Waals surface area contributed by atoms with E-state index in [1.165, 1.54) is 0 Å². The molecule has 0 aliphatic carbocycles. The second kappa shape index (κ2) is 6.34. The fourth-order valence-corrected chi connectivity index (χ4v) is 1.93. The SMILES string of the molecule is O=[N+]([O-])c1ccc(F)cc1NCCc1ccc(Cl)cc1. The van der Waals surface area contributed by atoms with E-state index in [0.717, 1.165) is 23.8 Å². The third-order valence-corrected chi connectivity index (χ3v) is 3.05. The zero-order chi connectivity index (χ0) is 14.5. The number of nitrogens with zero attached hydrogens (tertiary/aromatic N) is 1. The van der Waals surface area contributed by atoms with Crippen molar-refractivity contribution in [1.82, 2.24) is 0 Å². The smallest absolute Gasteiger partial charge is 0.292 e. The van der Waals surface area contributed by atoms with Crippen LogP contribution in [-0.2, 0) is 6.42 Å². The van der Waals surface area contributed by atoms with E-state index in [9.17, 15) is 14.5 Å². The first kappa shape index (κ1) is 14.3. The molecule has 0 bridgehead atoms. The fraction of sp³-hybridized carbons (Fsp3) is 0.143. The molecule has 20 heavy (non-hydrogen) atoms. The maximum atomic E-state index is 13.1. The lowest BCUT2D eigenvalue weighted by Gasteiger charge is -2.07. The van der Waals surface area contributed by atoms with Gasteiger partial charge in [0.25, 0.3) is 5.69 Å². The third kappa shape index (κ3) is 3.68. The number of benzene rings is 2. The molecular formula is C14H12ClFN2O2. The number of anilines is 1. The van der Waals surface area contributed by atoms with Crippen molar-refractivity contribution in [3.63, 3.8) is 0 Å². The van der Waals surface area contributed by atoms with Gasteiger partial charge in [-0.05, 0) is 30.2 Å². The van der Waals surface area contributed by atoms with Crippen LogP contribution in [0, 0.1) is 15.9 Å². The van der Waals surface area contributed by atoms with E-state index in [4.69, 9.17) is 11.6 Å². The molecule has 0 aliphatic heterocycles. The molecule has 0 aromatic heterocycles. The van der Waals surface area contributed by atoms with E-state index in [1.54, 1.807) is 12.1 Å². The first-order valence-electron chi connectivity index (χ1n) is 5.98. The summed E-state index contributed by atoms with van der Waals surface area (Å²) in [6.45, 7) is 0.464. The average molecular weight is 295 g/mol. The molecule has 0 fully saturated rings. The van der Waals surface area contributed by atoms with Crippen LogP contribution in [0.5, 0.6) is 0 Å². The van der Waals surface area contributed by atoms with Gasteiger partial charge in [0.15, 0.2) is 0 Å². The van der Waals surface area contributed by atoms with Crippen LogP contribution in [0.1, 0.15) is 5.56 Å². The van der Waals surface area contributed by atoms with Crippen LogP contribution in [0.2, 0.25) is 5.02 Å². The van der Waals surface area contributed by atoms with Crippen molar-refractivity contribution in [3.05, 3.63) is 69.0 Å². The Hall–Kier alpha value is -2.14. The van der Waals surface area contributed by atoms with Gasteiger partial charge in [-0.15, -0.1) is 0 Å². The lowest BCUT2D eigenvalue weighted by Crippen LogP contribution is -2.07. The van der Waals surface area contributed by atoms with Gasteiger partial charge in [-0.3, -0.25) is 10.1 Å². The Bertz CT molecular complexity index is 617. The molecule has 6 heteroatoms. The predicted octanol–water partition coefficient (Wildman–Crippen LogP) is 4.04. The van der Waals surface area contributed by atoms with E-state index in [0.29, 0.717) is 18.0 Å². The second-order valence-corrected chi connectivity index (χ2v) is 4.66. The minimum absolute atomic E-state index is 0.137. The van der Waals surface area contributed by atoms with Crippen molar-refractivity contribution in [2.45, 2.75) is 6.42 Å². The molecule has 4 nitrogen and oxygen atoms in total. The van der Waals surface area contributed by atoms with E-state index in [1.807, 2.05) is 12.1 Å². The summed E-state index contributed by atoms with van der Waals surface area (Å²) < 4.78 is 13.1. The topological polar surface area (TPSA) is 55.2 Å². The Kier molecular flexibility index (Phi) is 4.53. The van der Waals surface area contributed by atoms with Crippen LogP contribution in [0.25, 0.3) is 0 Å². The average Bonchev–Trinajstić information content (AvgIpc) is 2.41. The highest BCUT2D eigenvalue weighted by atomic mass is 35.5. The predicted molar refractivity (Wildman–Crippen MR) is 76.7 cm³/mol. The molecule has 2 rings (SSSR count). The normalized spacial score (nSPS) is 10.3. The van der Waals surface area contributed by atoms with Crippen molar-refractivity contribution in [1.29, 1.82) is 0 Å². The third-order valence-electron chi connectivity index (χ3n) is 2.80. The second-order valence-electron chi connectivity index (χ2n) is 4.22. The summed E-state index contributed by atoms with van der Waals surface area (Å²) in [5.41, 5.74) is 1.09. The summed E-state index contributed by atoms with van der Waals surface area (Å²) in [5, 5.41) is 14.4. The van der Waals surface area contributed by atoms with Gasteiger partial charge < -0.3 is 5.32 Å². The first-order valence-corrected chi connectivity index (χ1v) is 6.36. The van der Waals surface area contributed by atoms with Gasteiger partial charge >= 0.3 is 0 Å². The van der Waals surface area contributed by atoms with Crippen molar-refractivity contribution in [2.24, 2.45) is 0 Å². The maximum absolute atomic E-state index is 13.1. The Morgan fingerprint density at radius 3 is 2.55 bits per heavy atom. The molecule has 0 unspecified atom stereocenters. The van der Waals surface area contributed by atoms with E-state index < -0.39 is 10.7 Å². The molecule has 0 saturated heterocycles. The van der Waals surface area contributed by atoms with Gasteiger partial charge in [0.1, 0.15) is 11.5 Å². The Balaban J connectivity index is 2.02. The molecule has 1 N–H and O–H groups in total. The summed E-state index contributed by atoms with van der Waals surface area (Å²) in [5.74, 6) is -0.510. The lowest BCUT2D eigenvalue weighted by atomic mass is 10.1. The van der Waals surface area contributed by atoms with Gasteiger partial charge in [0, 0.05) is 23.7 Å². The Morgan fingerprint density at radius 2 is 1.90 bits per heavy atom. The zero-order valence-electron chi connectivity index (χ0n) is 10.5.